The number of benzene rings is 2. The molecular weight excluding hydrogens is 1060 g/mol. The van der Waals surface area contributed by atoms with Gasteiger partial charge in [-0.15, -0.1) is 0 Å². The first-order valence-corrected chi connectivity index (χ1v) is 24.8. The van der Waals surface area contributed by atoms with Crippen LogP contribution in [0.4, 0.5) is 50.5 Å². The van der Waals surface area contributed by atoms with Crippen LogP contribution in [0.2, 0.25) is 0 Å². The van der Waals surface area contributed by atoms with Gasteiger partial charge in [0.05, 0.1) is 80.3 Å². The summed E-state index contributed by atoms with van der Waals surface area (Å²) >= 11 is 0. The molecule has 18 nitrogen and oxygen atoms in total. The minimum atomic E-state index is -5.24. The lowest BCUT2D eigenvalue weighted by molar-refractivity contribution is -0.221. The average Bonchev–Trinajstić information content (AvgIpc) is 3.46. The number of halogens is 8. The number of aliphatic hydroxyl groups excluding tert-OH is 1. The van der Waals surface area contributed by atoms with Gasteiger partial charge in [-0.3, -0.25) is 24.9 Å². The molecule has 5 heterocycles. The maximum absolute atomic E-state index is 16.0. The maximum atomic E-state index is 16.0. The van der Waals surface area contributed by atoms with Crippen LogP contribution in [0.15, 0.2) is 79.1 Å². The molecule has 3 aliphatic rings. The molecule has 6 unspecified atom stereocenters. The number of hydrogen-bond acceptors (Lipinski definition) is 13. The lowest BCUT2D eigenvalue weighted by Gasteiger charge is -2.54. The highest BCUT2D eigenvalue weighted by molar-refractivity contribution is 5.87. The number of ether oxygens (including phenoxy) is 3. The molecule has 2 bridgehead atoms. The Morgan fingerprint density at radius 3 is 1.86 bits per heavy atom. The number of amides is 4. The number of hydrogen-bond donors (Lipinski definition) is 6. The largest absolute Gasteiger partial charge is 0.465 e. The molecule has 0 spiro atoms. The number of morpholine rings is 1. The number of carbonyl (C=O) groups is 4. The molecule has 0 radical (unpaired) electrons. The molecular formula is C53H59F8N9O9. The molecule has 4 amide bonds. The van der Waals surface area contributed by atoms with Gasteiger partial charge in [0, 0.05) is 60.8 Å². The summed E-state index contributed by atoms with van der Waals surface area (Å²) in [4.78, 5) is 65.5. The summed E-state index contributed by atoms with van der Waals surface area (Å²) in [5, 5.41) is 27.8. The van der Waals surface area contributed by atoms with Gasteiger partial charge in [0.1, 0.15) is 29.5 Å². The van der Waals surface area contributed by atoms with E-state index >= 15 is 8.78 Å². The number of aliphatic hydroxyl groups is 1. The number of aromatic nitrogens is 2. The van der Waals surface area contributed by atoms with Crippen LogP contribution in [0.3, 0.4) is 0 Å². The second-order valence-corrected chi connectivity index (χ2v) is 20.5. The van der Waals surface area contributed by atoms with Gasteiger partial charge in [-0.05, 0) is 88.2 Å². The Balaban J connectivity index is 1.17. The number of methoxy groups -OCH3 is 1. The SMILES string of the molecule is COC(=O)NC(C(=O)NC(Cc1ccc(C#Cc2ccc(N3CC4COCC(C3)N4C3COC3)nc2)cc1)C(O)CN(Cc1c(F)cc(-c2ccccn2)cc1F)NC(=O)C(NC(=O)O)C(C)(C)C(F)(F)F)C(C)(C)C(F)(F)F. The van der Waals surface area contributed by atoms with Crippen molar-refractivity contribution in [2.24, 2.45) is 10.8 Å². The predicted molar refractivity (Wildman–Crippen MR) is 267 cm³/mol. The van der Waals surface area contributed by atoms with E-state index < -0.39 is 108 Å². The molecule has 6 atom stereocenters. The molecule has 3 saturated heterocycles. The number of piperazine rings is 1. The zero-order chi connectivity index (χ0) is 57.6. The number of pyridine rings is 2. The standard InChI is InChI=1S/C53H59F8N9O9/c1-50(2,52(56,57)58)44(66-49(76)77-5)46(72)64-41(18-31-12-9-30(10-13-31)11-14-32-15-16-43(63-21-32)68-22-34-26-78-27-35(23-68)70(34)36-28-79-29-36)42(71)25-69(67-47(73)45(65-48(74)75)51(3,4)53(59,60)61)24-37-38(54)19-33(20-39(37)55)40-8-6-7-17-62-40/h6-10,12-13,15-17,19-21,34-36,41-42,44-45,65,71H,18,22-29H2,1-5H3,(H,64,72)(H,66,76)(H,67,73)(H,74,75). The summed E-state index contributed by atoms with van der Waals surface area (Å²) in [6, 6.07) is 10.0. The minimum Gasteiger partial charge on any atom is -0.465 e. The van der Waals surface area contributed by atoms with Crippen LogP contribution in [0.25, 0.3) is 11.3 Å². The molecule has 6 N–H and O–H groups in total. The van der Waals surface area contributed by atoms with E-state index in [9.17, 15) is 55.7 Å². The lowest BCUT2D eigenvalue weighted by Crippen LogP contribution is -2.70. The average molecular weight is 1120 g/mol. The monoisotopic (exact) mass is 1120 g/mol. The zero-order valence-corrected chi connectivity index (χ0v) is 43.4. The van der Waals surface area contributed by atoms with Crippen LogP contribution in [0.1, 0.15) is 49.9 Å². The molecule has 2 aromatic carbocycles. The van der Waals surface area contributed by atoms with Crippen molar-refractivity contribution in [3.8, 4) is 23.1 Å². The van der Waals surface area contributed by atoms with E-state index in [1.807, 2.05) is 22.9 Å². The maximum Gasteiger partial charge on any atom is 0.407 e. The topological polar surface area (TPSA) is 220 Å². The summed E-state index contributed by atoms with van der Waals surface area (Å²) in [7, 11) is 0.834. The number of carbonyl (C=O) groups excluding carboxylic acids is 3. The second kappa shape index (κ2) is 24.5. The van der Waals surface area contributed by atoms with Crippen LogP contribution in [0, 0.1) is 34.3 Å². The normalized spacial score (nSPS) is 18.7. The van der Waals surface area contributed by atoms with Crippen molar-refractivity contribution in [1.82, 2.24) is 41.3 Å². The number of rotatable bonds is 18. The molecule has 426 valence electrons. The van der Waals surface area contributed by atoms with Crippen LogP contribution in [0.5, 0.6) is 0 Å². The van der Waals surface area contributed by atoms with E-state index in [0.717, 1.165) is 38.1 Å². The van der Waals surface area contributed by atoms with Crippen LogP contribution >= 0.6 is 0 Å². The van der Waals surface area contributed by atoms with Crippen molar-refractivity contribution in [3.63, 3.8) is 0 Å². The van der Waals surface area contributed by atoms with Crippen molar-refractivity contribution in [1.29, 1.82) is 0 Å². The Kier molecular flexibility index (Phi) is 18.4. The Bertz CT molecular complexity index is 2830. The van der Waals surface area contributed by atoms with Crippen LogP contribution < -0.4 is 26.3 Å². The zero-order valence-electron chi connectivity index (χ0n) is 43.4. The molecule has 3 aliphatic heterocycles. The smallest absolute Gasteiger partial charge is 0.407 e. The molecule has 0 saturated carbocycles. The quantitative estimate of drug-likeness (QED) is 0.0408. The summed E-state index contributed by atoms with van der Waals surface area (Å²) < 4.78 is 135. The summed E-state index contributed by atoms with van der Waals surface area (Å²) in [5.41, 5.74) is -3.53. The summed E-state index contributed by atoms with van der Waals surface area (Å²) in [6.45, 7) is 4.17. The fourth-order valence-corrected chi connectivity index (χ4v) is 9.31. The molecule has 4 aromatic rings. The molecule has 79 heavy (non-hydrogen) atoms. The number of nitrogens with one attached hydrogen (secondary N) is 4. The number of nitrogens with zero attached hydrogens (tertiary/aromatic N) is 5. The van der Waals surface area contributed by atoms with Crippen molar-refractivity contribution >= 4 is 29.8 Å². The third-order valence-electron chi connectivity index (χ3n) is 14.3. The fraction of sp³-hybridized carbons (Fsp3) is 0.472. The van der Waals surface area contributed by atoms with E-state index in [-0.39, 0.29) is 23.3 Å². The highest BCUT2D eigenvalue weighted by Gasteiger charge is 2.57. The minimum absolute atomic E-state index is 0.0474. The molecule has 2 aromatic heterocycles. The number of fused-ring (bicyclic) bond motifs is 2. The Morgan fingerprint density at radius 1 is 0.772 bits per heavy atom. The first-order valence-electron chi connectivity index (χ1n) is 24.8. The number of alkyl halides is 6. The molecule has 7 rings (SSSR count). The van der Waals surface area contributed by atoms with Crippen molar-refractivity contribution in [2.75, 3.05) is 58.1 Å². The molecule has 3 fully saturated rings. The fourth-order valence-electron chi connectivity index (χ4n) is 9.31. The lowest BCUT2D eigenvalue weighted by atomic mass is 9.82. The third-order valence-corrected chi connectivity index (χ3v) is 14.3. The van der Waals surface area contributed by atoms with Gasteiger partial charge in [-0.1, -0.05) is 30.0 Å². The number of alkyl carbamates (subject to hydrolysis) is 1. The number of hydrazine groups is 1. The summed E-state index contributed by atoms with van der Waals surface area (Å²) in [6.07, 6.45) is -13.5. The Hall–Kier alpha value is -7.18. The van der Waals surface area contributed by atoms with E-state index in [1.54, 1.807) is 24.4 Å². The van der Waals surface area contributed by atoms with Gasteiger partial charge >= 0.3 is 24.5 Å². The van der Waals surface area contributed by atoms with Gasteiger partial charge in [0.15, 0.2) is 0 Å². The van der Waals surface area contributed by atoms with Gasteiger partial charge in [0.2, 0.25) is 5.91 Å². The molecule has 0 aliphatic carbocycles. The van der Waals surface area contributed by atoms with Crippen molar-refractivity contribution < 1.29 is 78.7 Å². The Morgan fingerprint density at radius 2 is 1.34 bits per heavy atom. The first kappa shape index (κ1) is 59.5. The van der Waals surface area contributed by atoms with E-state index in [1.165, 1.54) is 35.8 Å². The second-order valence-electron chi connectivity index (χ2n) is 20.5. The van der Waals surface area contributed by atoms with Crippen LogP contribution in [-0.4, -0.2) is 162 Å². The Labute approximate surface area is 449 Å². The highest BCUT2D eigenvalue weighted by Crippen LogP contribution is 2.42. The van der Waals surface area contributed by atoms with Gasteiger partial charge in [-0.2, -0.15) is 26.3 Å². The van der Waals surface area contributed by atoms with Gasteiger partial charge in [0.25, 0.3) is 5.91 Å². The number of carboxylic acid groups (broad SMARTS) is 1. The first-order chi connectivity index (χ1) is 37.2. The van der Waals surface area contributed by atoms with E-state index in [0.29, 0.717) is 81.9 Å². The number of anilines is 1. The summed E-state index contributed by atoms with van der Waals surface area (Å²) in [5.74, 6) is 1.08. The third kappa shape index (κ3) is 14.2. The van der Waals surface area contributed by atoms with Crippen molar-refractivity contribution in [3.05, 3.63) is 113 Å². The molecule has 26 heteroatoms. The van der Waals surface area contributed by atoms with Crippen LogP contribution in [-0.2, 0) is 36.8 Å². The highest BCUT2D eigenvalue weighted by atomic mass is 19.4. The predicted octanol–water partition coefficient (Wildman–Crippen LogP) is 5.57. The van der Waals surface area contributed by atoms with Gasteiger partial charge < -0.3 is 45.3 Å². The van der Waals surface area contributed by atoms with E-state index in [2.05, 4.69) is 41.7 Å². The van der Waals surface area contributed by atoms with Gasteiger partial charge in [-0.25, -0.2) is 28.4 Å². The van der Waals surface area contributed by atoms with E-state index in [4.69, 9.17) is 9.47 Å². The van der Waals surface area contributed by atoms with Crippen molar-refractivity contribution in [2.45, 2.75) is 95.4 Å².